The Balaban J connectivity index is 1.11. The molecule has 1 spiro atoms. The Kier molecular flexibility index (Phi) is 10.2. The number of nitrogens with zero attached hydrogens (tertiary/aromatic N) is 4. The van der Waals surface area contributed by atoms with E-state index in [4.69, 9.17) is 11.6 Å². The molecule has 1 atom stereocenters. The van der Waals surface area contributed by atoms with Gasteiger partial charge in [0.15, 0.2) is 0 Å². The van der Waals surface area contributed by atoms with Gasteiger partial charge in [-0.1, -0.05) is 41.9 Å². The minimum Gasteiger partial charge on any atom is -0.373 e. The van der Waals surface area contributed by atoms with Crippen LogP contribution in [0.2, 0.25) is 5.02 Å². The number of carbonyl (C=O) groups is 3. The van der Waals surface area contributed by atoms with Crippen LogP contribution in [0.15, 0.2) is 48.5 Å². The Morgan fingerprint density at radius 2 is 1.70 bits per heavy atom. The fourth-order valence-corrected chi connectivity index (χ4v) is 7.33. The lowest BCUT2D eigenvalue weighted by molar-refractivity contribution is -0.139. The van der Waals surface area contributed by atoms with Crippen molar-refractivity contribution < 1.29 is 23.2 Å². The van der Waals surface area contributed by atoms with Crippen LogP contribution >= 0.6 is 11.6 Å². The van der Waals surface area contributed by atoms with Crippen molar-refractivity contribution in [2.75, 3.05) is 57.8 Å². The highest BCUT2D eigenvalue weighted by atomic mass is 35.5. The predicted octanol–water partition coefficient (Wildman–Crippen LogP) is 4.67. The van der Waals surface area contributed by atoms with Crippen molar-refractivity contribution in [3.05, 3.63) is 64.7 Å². The van der Waals surface area contributed by atoms with Gasteiger partial charge in [0.25, 0.3) is 11.8 Å². The summed E-state index contributed by atoms with van der Waals surface area (Å²) in [5, 5.41) is 2.59. The number of hydrogen-bond acceptors (Lipinski definition) is 6. The number of hydrogen-bond donors (Lipinski definition) is 1. The molecule has 0 bridgehead atoms. The first kappa shape index (κ1) is 32.3. The van der Waals surface area contributed by atoms with Crippen LogP contribution in [0.1, 0.15) is 54.4 Å². The molecule has 1 N–H and O–H groups in total. The molecule has 44 heavy (non-hydrogen) atoms. The molecule has 238 valence electrons. The number of halogens is 3. The van der Waals surface area contributed by atoms with E-state index in [9.17, 15) is 14.4 Å². The van der Waals surface area contributed by atoms with Crippen molar-refractivity contribution in [3.8, 4) is 0 Å². The van der Waals surface area contributed by atoms with Crippen LogP contribution in [0.3, 0.4) is 0 Å². The minimum absolute atomic E-state index is 0.0656. The molecule has 8 nitrogen and oxygen atoms in total. The predicted molar refractivity (Wildman–Crippen MR) is 167 cm³/mol. The molecule has 0 aromatic heterocycles. The molecule has 0 radical (unpaired) electrons. The van der Waals surface area contributed by atoms with Gasteiger partial charge in [-0.05, 0) is 74.4 Å². The first-order chi connectivity index (χ1) is 21.1. The second-order valence-electron chi connectivity index (χ2n) is 12.6. The van der Waals surface area contributed by atoms with Gasteiger partial charge in [-0.15, -0.1) is 0 Å². The van der Waals surface area contributed by atoms with Crippen molar-refractivity contribution in [3.63, 3.8) is 0 Å². The maximum atomic E-state index is 15.4. The van der Waals surface area contributed by atoms with E-state index < -0.39 is 12.0 Å². The molecule has 2 aromatic carbocycles. The molecule has 2 aromatic rings. The molecule has 1 unspecified atom stereocenters. The average molecular weight is 630 g/mol. The molecule has 3 heterocycles. The standard InChI is InChI=1S/C33H42ClF2N5O3/c1-38(15-10-30(43)37-24-42)28-21-26(7-8-27(28)34)31(44)41-19-13-32(14-20-41)11-17-40(18-12-32)29-9-16-39(23-33(29,35)36)22-25-5-3-2-4-6-25/h2-8,21,24,29H,9-20,22-23H2,1H3,(H,37,42,43). The van der Waals surface area contributed by atoms with Crippen LogP contribution < -0.4 is 10.2 Å². The summed E-state index contributed by atoms with van der Waals surface area (Å²) in [5.41, 5.74) is 2.32. The third-order valence-corrected chi connectivity index (χ3v) is 10.1. The van der Waals surface area contributed by atoms with E-state index in [-0.39, 0.29) is 30.2 Å². The Labute approximate surface area is 263 Å². The third-order valence-electron chi connectivity index (χ3n) is 9.80. The van der Waals surface area contributed by atoms with Gasteiger partial charge in [-0.2, -0.15) is 0 Å². The molecule has 11 heteroatoms. The third kappa shape index (κ3) is 7.58. The zero-order chi connectivity index (χ0) is 31.3. The van der Waals surface area contributed by atoms with Gasteiger partial charge in [0.1, 0.15) is 0 Å². The summed E-state index contributed by atoms with van der Waals surface area (Å²) >= 11 is 6.40. The SMILES string of the molecule is CN(CCC(=O)NC=O)c1cc(C(=O)N2CCC3(CC2)CCN(C2CCN(Cc4ccccc4)CC2(F)F)CC3)ccc1Cl. The van der Waals surface area contributed by atoms with Gasteiger partial charge in [0, 0.05) is 51.8 Å². The molecule has 5 rings (SSSR count). The summed E-state index contributed by atoms with van der Waals surface area (Å²) in [6.45, 7) is 3.96. The quantitative estimate of drug-likeness (QED) is 0.407. The summed E-state index contributed by atoms with van der Waals surface area (Å²) < 4.78 is 30.8. The highest BCUT2D eigenvalue weighted by molar-refractivity contribution is 6.33. The van der Waals surface area contributed by atoms with E-state index in [1.165, 1.54) is 0 Å². The fraction of sp³-hybridized carbons (Fsp3) is 0.545. The highest BCUT2D eigenvalue weighted by Crippen LogP contribution is 2.44. The molecule has 3 amide bonds. The largest absolute Gasteiger partial charge is 0.373 e. The Hall–Kier alpha value is -3.08. The second-order valence-corrected chi connectivity index (χ2v) is 13.0. The zero-order valence-corrected chi connectivity index (χ0v) is 26.1. The summed E-state index contributed by atoms with van der Waals surface area (Å²) in [6.07, 6.45) is 4.43. The highest BCUT2D eigenvalue weighted by Gasteiger charge is 2.49. The molecule has 3 aliphatic heterocycles. The van der Waals surface area contributed by atoms with Crippen LogP contribution in [0.5, 0.6) is 0 Å². The van der Waals surface area contributed by atoms with Crippen molar-refractivity contribution in [1.82, 2.24) is 20.0 Å². The second kappa shape index (κ2) is 13.9. The number of nitrogens with one attached hydrogen (secondary N) is 1. The van der Waals surface area contributed by atoms with E-state index >= 15 is 8.78 Å². The molecule has 3 aliphatic rings. The van der Waals surface area contributed by atoms with E-state index in [2.05, 4.69) is 5.32 Å². The van der Waals surface area contributed by atoms with Gasteiger partial charge in [-0.25, -0.2) is 8.78 Å². The smallest absolute Gasteiger partial charge is 0.275 e. The molecular weight excluding hydrogens is 588 g/mol. The maximum absolute atomic E-state index is 15.4. The number of benzene rings is 2. The lowest BCUT2D eigenvalue weighted by atomic mass is 9.70. The number of alkyl halides is 2. The van der Waals surface area contributed by atoms with Crippen LogP contribution in [-0.2, 0) is 16.1 Å². The maximum Gasteiger partial charge on any atom is 0.275 e. The van der Waals surface area contributed by atoms with Crippen LogP contribution in [0.4, 0.5) is 14.5 Å². The number of likely N-dealkylation sites (tertiary alicyclic amines) is 3. The number of carbonyl (C=O) groups excluding carboxylic acids is 3. The van der Waals surface area contributed by atoms with E-state index in [0.29, 0.717) is 74.9 Å². The summed E-state index contributed by atoms with van der Waals surface area (Å²) in [4.78, 5) is 43.2. The van der Waals surface area contributed by atoms with E-state index in [1.54, 1.807) is 30.1 Å². The van der Waals surface area contributed by atoms with Crippen molar-refractivity contribution in [1.29, 1.82) is 0 Å². The van der Waals surface area contributed by atoms with Gasteiger partial charge in [0.2, 0.25) is 12.3 Å². The monoisotopic (exact) mass is 629 g/mol. The number of anilines is 1. The van der Waals surface area contributed by atoms with Crippen LogP contribution in [0.25, 0.3) is 0 Å². The van der Waals surface area contributed by atoms with Crippen molar-refractivity contribution >= 4 is 35.5 Å². The number of amides is 3. The van der Waals surface area contributed by atoms with Crippen molar-refractivity contribution in [2.45, 2.75) is 57.0 Å². The normalized spacial score (nSPS) is 22.0. The molecule has 3 saturated heterocycles. The Bertz CT molecular complexity index is 1310. The van der Waals surface area contributed by atoms with Gasteiger partial charge in [-0.3, -0.25) is 29.5 Å². The van der Waals surface area contributed by atoms with Gasteiger partial charge >= 0.3 is 0 Å². The van der Waals surface area contributed by atoms with Gasteiger partial charge in [0.05, 0.1) is 23.3 Å². The Morgan fingerprint density at radius 3 is 2.36 bits per heavy atom. The first-order valence-corrected chi connectivity index (χ1v) is 15.9. The number of rotatable bonds is 9. The molecule has 3 fully saturated rings. The summed E-state index contributed by atoms with van der Waals surface area (Å²) in [7, 11) is 1.78. The summed E-state index contributed by atoms with van der Waals surface area (Å²) in [5.74, 6) is -3.20. The molecular formula is C33H42ClF2N5O3. The first-order valence-electron chi connectivity index (χ1n) is 15.5. The summed E-state index contributed by atoms with van der Waals surface area (Å²) in [6, 6.07) is 14.2. The number of piperidine rings is 3. The number of imide groups is 1. The average Bonchev–Trinajstić information content (AvgIpc) is 3.01. The van der Waals surface area contributed by atoms with Crippen LogP contribution in [-0.4, -0.2) is 97.7 Å². The topological polar surface area (TPSA) is 76.2 Å². The minimum atomic E-state index is -2.75. The lowest BCUT2D eigenvalue weighted by Gasteiger charge is -2.51. The lowest BCUT2D eigenvalue weighted by Crippen LogP contribution is -2.60. The van der Waals surface area contributed by atoms with Crippen LogP contribution in [0, 0.1) is 5.41 Å². The van der Waals surface area contributed by atoms with Crippen molar-refractivity contribution in [2.24, 2.45) is 5.41 Å². The molecule has 0 aliphatic carbocycles. The fourth-order valence-electron chi connectivity index (χ4n) is 7.07. The van der Waals surface area contributed by atoms with Gasteiger partial charge < -0.3 is 9.80 Å². The Morgan fingerprint density at radius 1 is 1.02 bits per heavy atom. The van der Waals surface area contributed by atoms with E-state index in [0.717, 1.165) is 31.2 Å². The van der Waals surface area contributed by atoms with E-state index in [1.807, 2.05) is 45.0 Å². The zero-order valence-electron chi connectivity index (χ0n) is 25.3. The molecule has 0 saturated carbocycles.